The molecule has 3 aromatic heterocycles. The van der Waals surface area contributed by atoms with Crippen LogP contribution in [-0.4, -0.2) is 59.9 Å². The fourth-order valence-corrected chi connectivity index (χ4v) is 8.66. The average molecular weight is 757 g/mol. The van der Waals surface area contributed by atoms with Gasteiger partial charge in [0.1, 0.15) is 11.7 Å². The van der Waals surface area contributed by atoms with E-state index in [1.807, 2.05) is 38.2 Å². The van der Waals surface area contributed by atoms with Gasteiger partial charge in [-0.1, -0.05) is 119 Å². The molecule has 0 spiro atoms. The molecule has 2 aliphatic heterocycles. The fourth-order valence-electron chi connectivity index (χ4n) is 8.66. The Morgan fingerprint density at radius 3 is 2.33 bits per heavy atom. The monoisotopic (exact) mass is 756 g/mol. The number of ether oxygens (including phenoxy) is 2. The number of allylic oxidation sites excluding steroid dienone is 1. The second kappa shape index (κ2) is 17.5. The van der Waals surface area contributed by atoms with E-state index < -0.39 is 17.9 Å². The molecular formula is C45H56MgN4O5-2. The van der Waals surface area contributed by atoms with Crippen LogP contribution < -0.4 is 36.2 Å². The van der Waals surface area contributed by atoms with Crippen LogP contribution in [0.25, 0.3) is 41.0 Å². The van der Waals surface area contributed by atoms with Gasteiger partial charge in [0.2, 0.25) is 0 Å². The fraction of sp³-hybridized carbons (Fsp3) is 0.511. The molecule has 55 heavy (non-hydrogen) atoms. The summed E-state index contributed by atoms with van der Waals surface area (Å²) < 4.78 is 11.0. The van der Waals surface area contributed by atoms with E-state index in [0.29, 0.717) is 46.7 Å². The van der Waals surface area contributed by atoms with Crippen LogP contribution in [0.3, 0.4) is 0 Å². The molecule has 0 saturated carbocycles. The summed E-state index contributed by atoms with van der Waals surface area (Å²) >= 11 is 0. The van der Waals surface area contributed by atoms with Crippen LogP contribution in [-0.2, 0) is 25.5 Å². The number of hydrogen-bond acceptors (Lipinski definition) is 5. The van der Waals surface area contributed by atoms with Gasteiger partial charge in [0.25, 0.3) is 0 Å². The summed E-state index contributed by atoms with van der Waals surface area (Å²) in [7, 11) is 1.33. The van der Waals surface area contributed by atoms with Crippen LogP contribution in [0, 0.1) is 50.4 Å². The number of aliphatic hydroxyl groups excluding tert-OH is 1. The van der Waals surface area contributed by atoms with Crippen molar-refractivity contribution in [2.24, 2.45) is 29.6 Å². The van der Waals surface area contributed by atoms with E-state index in [0.717, 1.165) is 74.9 Å². The first kappa shape index (κ1) is 42.3. The van der Waals surface area contributed by atoms with E-state index >= 15 is 0 Å². The van der Waals surface area contributed by atoms with Gasteiger partial charge in [-0.25, -0.2) is 0 Å². The normalized spacial score (nSPS) is 22.5. The largest absolute Gasteiger partial charge is 2.00 e. The first-order valence-electron chi connectivity index (χ1n) is 19.7. The van der Waals surface area contributed by atoms with Crippen LogP contribution in [0.5, 0.6) is 0 Å². The summed E-state index contributed by atoms with van der Waals surface area (Å²) in [4.78, 5) is 42.0. The van der Waals surface area contributed by atoms with Crippen LogP contribution in [0.15, 0.2) is 12.3 Å². The minimum atomic E-state index is -1.06. The molecule has 0 radical (unpaired) electrons. The molecule has 8 bridgehead atoms. The first-order chi connectivity index (χ1) is 25.8. The van der Waals surface area contributed by atoms with Crippen molar-refractivity contribution in [3.63, 3.8) is 0 Å². The molecule has 9 nitrogen and oxygen atoms in total. The van der Waals surface area contributed by atoms with Crippen molar-refractivity contribution in [1.82, 2.24) is 15.0 Å². The Balaban J connectivity index is 0.00000580. The van der Waals surface area contributed by atoms with Crippen molar-refractivity contribution in [2.45, 2.75) is 106 Å². The molecule has 3 aromatic rings. The van der Waals surface area contributed by atoms with Crippen molar-refractivity contribution in [3.8, 4) is 0 Å². The number of carbonyl (C=O) groups excluding carboxylic acids is 2. The third-order valence-corrected chi connectivity index (χ3v) is 12.0. The summed E-state index contributed by atoms with van der Waals surface area (Å²) in [5.74, 6) is -1.07. The number of hydrogen-bond donors (Lipinski definition) is 1. The third-order valence-electron chi connectivity index (χ3n) is 12.0. The summed E-state index contributed by atoms with van der Waals surface area (Å²) in [6.45, 7) is 21.5. The minimum Gasteiger partial charge on any atom is -0.681 e. The van der Waals surface area contributed by atoms with Crippen LogP contribution in [0.4, 0.5) is 0 Å². The van der Waals surface area contributed by atoms with Gasteiger partial charge in [-0.2, -0.15) is 5.70 Å². The Hall–Kier alpha value is -3.89. The molecule has 6 rings (SSSR count). The summed E-state index contributed by atoms with van der Waals surface area (Å²) in [6.07, 6.45) is 13.7. The summed E-state index contributed by atoms with van der Waals surface area (Å²) in [5.41, 5.74) is 8.52. The summed E-state index contributed by atoms with van der Waals surface area (Å²) in [5, 5.41) is 19.9. The van der Waals surface area contributed by atoms with E-state index in [4.69, 9.17) is 29.7 Å². The topological polar surface area (TPSA) is 129 Å². The van der Waals surface area contributed by atoms with Crippen molar-refractivity contribution in [3.05, 3.63) is 83.8 Å². The Labute approximate surface area is 341 Å². The molecule has 1 N–H and O–H groups in total. The molecule has 1 fully saturated rings. The molecule has 0 aromatic carbocycles. The van der Waals surface area contributed by atoms with E-state index in [1.54, 1.807) is 0 Å². The maximum atomic E-state index is 13.5. The Morgan fingerprint density at radius 2 is 1.65 bits per heavy atom. The number of rotatable bonds is 13. The zero-order chi connectivity index (χ0) is 39.0. The van der Waals surface area contributed by atoms with Gasteiger partial charge in [-0.3, -0.25) is 9.59 Å². The molecule has 5 atom stereocenters. The van der Waals surface area contributed by atoms with Crippen molar-refractivity contribution >= 4 is 70.6 Å². The second-order valence-corrected chi connectivity index (χ2v) is 16.0. The van der Waals surface area contributed by atoms with E-state index in [-0.39, 0.29) is 53.0 Å². The number of methoxy groups -OCH3 is 1. The molecule has 3 aliphatic rings. The molecule has 5 heterocycles. The molecule has 1 aliphatic carbocycles. The number of aromatic nitrogens is 3. The van der Waals surface area contributed by atoms with Crippen molar-refractivity contribution in [2.75, 3.05) is 13.7 Å². The molecule has 0 amide bonds. The molecule has 1 unspecified atom stereocenters. The van der Waals surface area contributed by atoms with Gasteiger partial charge in [0.15, 0.2) is 0 Å². The molecule has 1 saturated heterocycles. The Bertz CT molecular complexity index is 2230. The number of carbonyl (C=O) groups is 2. The zero-order valence-corrected chi connectivity index (χ0v) is 35.6. The van der Waals surface area contributed by atoms with E-state index in [1.165, 1.54) is 20.0 Å². The Kier molecular flexibility index (Phi) is 13.4. The third kappa shape index (κ3) is 8.17. The number of esters is 2. The zero-order valence-electron chi connectivity index (χ0n) is 34.2. The van der Waals surface area contributed by atoms with Gasteiger partial charge < -0.3 is 34.8 Å². The average Bonchev–Trinajstić information content (AvgIpc) is 3.87. The molecular weight excluding hydrogens is 701 g/mol. The Morgan fingerprint density at radius 1 is 0.945 bits per heavy atom. The number of fused-ring (bicyclic) bond motifs is 8. The van der Waals surface area contributed by atoms with Crippen molar-refractivity contribution in [1.29, 1.82) is 0 Å². The van der Waals surface area contributed by atoms with Gasteiger partial charge in [0.05, 0.1) is 13.7 Å². The van der Waals surface area contributed by atoms with Gasteiger partial charge in [-0.05, 0) is 69.3 Å². The predicted octanol–water partition coefficient (Wildman–Crippen LogP) is 5.12. The number of aliphatic hydroxyl groups is 1. The van der Waals surface area contributed by atoms with Crippen LogP contribution >= 0.6 is 0 Å². The summed E-state index contributed by atoms with van der Waals surface area (Å²) in [6, 6.07) is -0.556. The SMILES string of the molecule is C=Cc1c2[n-]c(c1C)/C=C1\[N-]C(C3=c4[n-]c(c(C)c4=C(O)[C@@H]3C(=O)OC)/C=c3\[n-]/c(c(C)c3CC)=C\2)[C@@H](CCC(=O)OCC[C@@H](C)CCCC(C)C)[C@@H]1C.[Mg+2]. The first-order valence-corrected chi connectivity index (χ1v) is 19.7. The van der Waals surface area contributed by atoms with Crippen LogP contribution in [0.2, 0.25) is 0 Å². The van der Waals surface area contributed by atoms with Gasteiger partial charge >= 0.3 is 35.0 Å². The molecule has 10 heteroatoms. The van der Waals surface area contributed by atoms with Gasteiger partial charge in [0, 0.05) is 11.6 Å². The van der Waals surface area contributed by atoms with E-state index in [9.17, 15) is 14.7 Å². The maximum Gasteiger partial charge on any atom is 2.00 e. The second-order valence-electron chi connectivity index (χ2n) is 16.0. The maximum absolute atomic E-state index is 13.5. The smallest absolute Gasteiger partial charge is 0.681 e. The minimum absolute atomic E-state index is 0. The standard InChI is InChI=1S/C45H56N4O5.Mg/c1-11-29-25(6)32-20-34-27(8)31(16-17-38(50)54-19-18-24(5)15-13-14-23(3)4)42(48-34)40-41(45(52)53-10)44(51)39-28(9)35(49-43(39)40)22-37-30(12-2)26(7)33(47-37)21-36(29)46-32;/h11,20-24,27,31,41-42,51H,1,12-19H2,2-10H3;/q-4;+2/b33-21-,34-20-,37-22-;/t24-,27-,31-,41+,42?;/m0./s1. The van der Waals surface area contributed by atoms with Gasteiger partial charge in [-0.15, -0.1) is 33.1 Å². The molecule has 290 valence electrons. The van der Waals surface area contributed by atoms with Crippen molar-refractivity contribution < 1.29 is 24.2 Å². The van der Waals surface area contributed by atoms with Crippen LogP contribution in [0.1, 0.15) is 118 Å². The quantitative estimate of drug-likeness (QED) is 0.188. The van der Waals surface area contributed by atoms with E-state index in [2.05, 4.69) is 48.1 Å². The predicted molar refractivity (Wildman–Crippen MR) is 220 cm³/mol. The number of nitrogens with zero attached hydrogens (tertiary/aromatic N) is 4.